The summed E-state index contributed by atoms with van der Waals surface area (Å²) in [5.41, 5.74) is 6.47. The van der Waals surface area contributed by atoms with Crippen LogP contribution in [-0.4, -0.2) is 35.2 Å². The topological polar surface area (TPSA) is 102 Å². The number of nitrogens with two attached hydrogens (primary N) is 1. The minimum atomic E-state index is -0.134. The van der Waals surface area contributed by atoms with E-state index in [1.807, 2.05) is 0 Å². The van der Waals surface area contributed by atoms with Gasteiger partial charge in [-0.3, -0.25) is 14.3 Å². The Morgan fingerprint density at radius 1 is 1.32 bits per heavy atom. The fraction of sp³-hybridized carbons (Fsp3) is 0.667. The van der Waals surface area contributed by atoms with Gasteiger partial charge in [-0.2, -0.15) is 5.10 Å². The third-order valence-corrected chi connectivity index (χ3v) is 4.38. The van der Waals surface area contributed by atoms with E-state index in [0.717, 1.165) is 25.7 Å². The average molecular weight is 307 g/mol. The highest BCUT2D eigenvalue weighted by molar-refractivity contribution is 5.91. The summed E-state index contributed by atoms with van der Waals surface area (Å²) in [5, 5.41) is 9.44. The summed E-state index contributed by atoms with van der Waals surface area (Å²) in [7, 11) is 1.57. The zero-order valence-electron chi connectivity index (χ0n) is 13.1. The maximum Gasteiger partial charge on any atom is 0.241 e. The number of aromatic nitrogens is 2. The van der Waals surface area contributed by atoms with Crippen molar-refractivity contribution < 1.29 is 9.59 Å². The van der Waals surface area contributed by atoms with Gasteiger partial charge in [-0.1, -0.05) is 19.3 Å². The van der Waals surface area contributed by atoms with Crippen LogP contribution in [0.1, 0.15) is 38.5 Å². The van der Waals surface area contributed by atoms with E-state index in [1.165, 1.54) is 11.1 Å². The van der Waals surface area contributed by atoms with E-state index in [-0.39, 0.29) is 23.8 Å². The first kappa shape index (κ1) is 16.5. The summed E-state index contributed by atoms with van der Waals surface area (Å²) >= 11 is 0. The number of amides is 2. The van der Waals surface area contributed by atoms with Crippen LogP contribution in [0, 0.1) is 5.41 Å². The lowest BCUT2D eigenvalue weighted by atomic mass is 9.71. The lowest BCUT2D eigenvalue weighted by Gasteiger charge is -2.35. The predicted molar refractivity (Wildman–Crippen MR) is 84.1 cm³/mol. The SMILES string of the molecule is CNC(=O)Cn1cc(NC(=O)CC2(CN)CCCCC2)cn1. The summed E-state index contributed by atoms with van der Waals surface area (Å²) in [6.45, 7) is 0.690. The van der Waals surface area contributed by atoms with Gasteiger partial charge in [-0.05, 0) is 24.8 Å². The highest BCUT2D eigenvalue weighted by Gasteiger charge is 2.33. The molecule has 1 aromatic rings. The van der Waals surface area contributed by atoms with Crippen LogP contribution in [0.4, 0.5) is 5.69 Å². The van der Waals surface area contributed by atoms with Crippen LogP contribution in [-0.2, 0) is 16.1 Å². The molecule has 0 aromatic carbocycles. The molecule has 1 heterocycles. The van der Waals surface area contributed by atoms with E-state index in [2.05, 4.69) is 15.7 Å². The fourth-order valence-corrected chi connectivity index (χ4v) is 3.04. The van der Waals surface area contributed by atoms with E-state index in [9.17, 15) is 9.59 Å². The number of nitrogens with one attached hydrogen (secondary N) is 2. The van der Waals surface area contributed by atoms with Crippen molar-refractivity contribution in [1.82, 2.24) is 15.1 Å². The summed E-state index contributed by atoms with van der Waals surface area (Å²) in [4.78, 5) is 23.5. The van der Waals surface area contributed by atoms with Crippen LogP contribution in [0.3, 0.4) is 0 Å². The Morgan fingerprint density at radius 2 is 2.05 bits per heavy atom. The molecule has 122 valence electrons. The minimum Gasteiger partial charge on any atom is -0.358 e. The summed E-state index contributed by atoms with van der Waals surface area (Å²) in [6, 6.07) is 0. The van der Waals surface area contributed by atoms with E-state index in [1.54, 1.807) is 19.4 Å². The largest absolute Gasteiger partial charge is 0.358 e. The van der Waals surface area contributed by atoms with Gasteiger partial charge in [0.15, 0.2) is 0 Å². The number of hydrogen-bond acceptors (Lipinski definition) is 4. The summed E-state index contributed by atoms with van der Waals surface area (Å²) in [6.07, 6.45) is 9.22. The third-order valence-electron chi connectivity index (χ3n) is 4.38. The molecule has 0 atom stereocenters. The van der Waals surface area contributed by atoms with Crippen molar-refractivity contribution in [2.75, 3.05) is 18.9 Å². The molecule has 7 heteroatoms. The number of hydrogen-bond donors (Lipinski definition) is 3. The van der Waals surface area contributed by atoms with Gasteiger partial charge in [0.1, 0.15) is 6.54 Å². The lowest BCUT2D eigenvalue weighted by molar-refractivity contribution is -0.121. The van der Waals surface area contributed by atoms with Crippen LogP contribution < -0.4 is 16.4 Å². The first-order valence-corrected chi connectivity index (χ1v) is 7.80. The molecule has 0 aliphatic heterocycles. The van der Waals surface area contributed by atoms with Gasteiger partial charge in [0, 0.05) is 19.7 Å². The molecule has 7 nitrogen and oxygen atoms in total. The summed E-state index contributed by atoms with van der Waals surface area (Å²) < 4.78 is 1.49. The van der Waals surface area contributed by atoms with Crippen LogP contribution >= 0.6 is 0 Å². The molecule has 1 saturated carbocycles. The maximum absolute atomic E-state index is 12.2. The van der Waals surface area contributed by atoms with Crippen LogP contribution in [0.2, 0.25) is 0 Å². The van der Waals surface area contributed by atoms with Gasteiger partial charge < -0.3 is 16.4 Å². The van der Waals surface area contributed by atoms with Gasteiger partial charge >= 0.3 is 0 Å². The monoisotopic (exact) mass is 307 g/mol. The van der Waals surface area contributed by atoms with Gasteiger partial charge in [-0.25, -0.2) is 0 Å². The molecule has 1 fully saturated rings. The normalized spacial score (nSPS) is 17.0. The van der Waals surface area contributed by atoms with Crippen molar-refractivity contribution in [2.24, 2.45) is 11.1 Å². The second-order valence-corrected chi connectivity index (χ2v) is 6.09. The van der Waals surface area contributed by atoms with E-state index in [0.29, 0.717) is 18.7 Å². The van der Waals surface area contributed by atoms with Crippen molar-refractivity contribution >= 4 is 17.5 Å². The number of carbonyl (C=O) groups is 2. The quantitative estimate of drug-likeness (QED) is 0.725. The molecule has 1 aliphatic carbocycles. The zero-order chi connectivity index (χ0) is 16.0. The second kappa shape index (κ2) is 7.40. The van der Waals surface area contributed by atoms with Crippen molar-refractivity contribution in [3.63, 3.8) is 0 Å². The molecule has 0 radical (unpaired) electrons. The van der Waals surface area contributed by atoms with Crippen LogP contribution in [0.5, 0.6) is 0 Å². The standard InChI is InChI=1S/C15H25N5O2/c1-17-14(22)10-20-9-12(8-18-20)19-13(21)7-15(11-16)5-3-2-4-6-15/h8-9H,2-7,10-11,16H2,1H3,(H,17,22)(H,19,21). The second-order valence-electron chi connectivity index (χ2n) is 6.09. The average Bonchev–Trinajstić information content (AvgIpc) is 2.94. The molecule has 0 bridgehead atoms. The Balaban J connectivity index is 1.90. The Morgan fingerprint density at radius 3 is 2.68 bits per heavy atom. The molecule has 0 unspecified atom stereocenters. The molecule has 4 N–H and O–H groups in total. The van der Waals surface area contributed by atoms with Crippen molar-refractivity contribution in [3.05, 3.63) is 12.4 Å². The van der Waals surface area contributed by atoms with E-state index in [4.69, 9.17) is 5.73 Å². The predicted octanol–water partition coefficient (Wildman–Crippen LogP) is 0.867. The van der Waals surface area contributed by atoms with Crippen molar-refractivity contribution in [2.45, 2.75) is 45.1 Å². The number of anilines is 1. The van der Waals surface area contributed by atoms with Gasteiger partial charge in [0.05, 0.1) is 11.9 Å². The zero-order valence-corrected chi connectivity index (χ0v) is 13.1. The molecule has 0 spiro atoms. The van der Waals surface area contributed by atoms with Crippen LogP contribution in [0.15, 0.2) is 12.4 Å². The third kappa shape index (κ3) is 4.30. The molecular weight excluding hydrogens is 282 g/mol. The maximum atomic E-state index is 12.2. The minimum absolute atomic E-state index is 0.0353. The van der Waals surface area contributed by atoms with Crippen LogP contribution in [0.25, 0.3) is 0 Å². The summed E-state index contributed by atoms with van der Waals surface area (Å²) in [5.74, 6) is -0.169. The Bertz CT molecular complexity index is 520. The van der Waals surface area contributed by atoms with E-state index < -0.39 is 0 Å². The number of likely N-dealkylation sites (N-methyl/N-ethyl adjacent to an activating group) is 1. The number of nitrogens with zero attached hydrogens (tertiary/aromatic N) is 2. The highest BCUT2D eigenvalue weighted by Crippen LogP contribution is 2.38. The first-order chi connectivity index (χ1) is 10.6. The fourth-order valence-electron chi connectivity index (χ4n) is 3.04. The van der Waals surface area contributed by atoms with Gasteiger partial charge in [0.2, 0.25) is 11.8 Å². The van der Waals surface area contributed by atoms with E-state index >= 15 is 0 Å². The molecule has 1 aliphatic rings. The van der Waals surface area contributed by atoms with Crippen molar-refractivity contribution in [1.29, 1.82) is 0 Å². The molecule has 0 saturated heterocycles. The Kier molecular flexibility index (Phi) is 5.54. The highest BCUT2D eigenvalue weighted by atomic mass is 16.2. The molecule has 22 heavy (non-hydrogen) atoms. The van der Waals surface area contributed by atoms with Gasteiger partial charge in [0.25, 0.3) is 0 Å². The molecular formula is C15H25N5O2. The van der Waals surface area contributed by atoms with Crippen molar-refractivity contribution in [3.8, 4) is 0 Å². The smallest absolute Gasteiger partial charge is 0.241 e. The number of carbonyl (C=O) groups excluding carboxylic acids is 2. The molecule has 1 aromatic heterocycles. The van der Waals surface area contributed by atoms with Gasteiger partial charge in [-0.15, -0.1) is 0 Å². The lowest BCUT2D eigenvalue weighted by Crippen LogP contribution is -2.36. The number of rotatable bonds is 6. The molecule has 2 amide bonds. The Hall–Kier alpha value is -1.89. The molecule has 2 rings (SSSR count). The first-order valence-electron chi connectivity index (χ1n) is 7.80. The Labute approximate surface area is 130 Å².